The maximum atomic E-state index is 12.8. The molecule has 0 spiro atoms. The van der Waals surface area contributed by atoms with Crippen molar-refractivity contribution in [1.29, 1.82) is 0 Å². The Labute approximate surface area is 239 Å². The minimum Gasteiger partial charge on any atom is -0.486 e. The van der Waals surface area contributed by atoms with E-state index >= 15 is 0 Å². The van der Waals surface area contributed by atoms with Gasteiger partial charge < -0.3 is 23.7 Å². The van der Waals surface area contributed by atoms with Crippen molar-refractivity contribution < 1.29 is 33.3 Å². The lowest BCUT2D eigenvalue weighted by atomic mass is 10.1. The number of esters is 1. The summed E-state index contributed by atoms with van der Waals surface area (Å²) in [7, 11) is 1.58. The minimum absolute atomic E-state index is 0.115. The molecule has 0 aliphatic carbocycles. The number of pyridine rings is 2. The number of carbonyl (C=O) groups excluding carboxylic acids is 2. The summed E-state index contributed by atoms with van der Waals surface area (Å²) in [4.78, 5) is 38.1. The van der Waals surface area contributed by atoms with Gasteiger partial charge in [-0.3, -0.25) is 19.6 Å². The molecule has 1 fully saturated rings. The van der Waals surface area contributed by atoms with E-state index in [1.54, 1.807) is 36.4 Å². The monoisotopic (exact) mass is 564 g/mol. The highest BCUT2D eigenvalue weighted by molar-refractivity contribution is 5.90. The second-order valence-corrected chi connectivity index (χ2v) is 11.0. The van der Waals surface area contributed by atoms with E-state index in [-0.39, 0.29) is 18.6 Å². The largest absolute Gasteiger partial charge is 0.486 e. The van der Waals surface area contributed by atoms with E-state index in [0.29, 0.717) is 68.8 Å². The first kappa shape index (κ1) is 28.4. The third kappa shape index (κ3) is 7.15. The Morgan fingerprint density at radius 2 is 1.90 bits per heavy atom. The summed E-state index contributed by atoms with van der Waals surface area (Å²) in [5, 5.41) is 0. The summed E-state index contributed by atoms with van der Waals surface area (Å²) < 4.78 is 27.9. The van der Waals surface area contributed by atoms with Crippen molar-refractivity contribution in [2.45, 2.75) is 45.3 Å². The molecule has 0 unspecified atom stereocenters. The molecule has 1 saturated heterocycles. The Morgan fingerprint density at radius 3 is 2.68 bits per heavy atom. The second kappa shape index (κ2) is 12.2. The molecule has 2 aromatic heterocycles. The van der Waals surface area contributed by atoms with Gasteiger partial charge in [-0.2, -0.15) is 0 Å². The van der Waals surface area contributed by atoms with Gasteiger partial charge in [0, 0.05) is 31.4 Å². The fraction of sp³-hybridized carbons (Fsp3) is 0.467. The number of anilines is 1. The first-order chi connectivity index (χ1) is 19.7. The molecule has 2 aliphatic rings. The number of hydrogen-bond donors (Lipinski definition) is 0. The number of ether oxygens (including phenoxy) is 5. The molecule has 0 N–H and O–H groups in total. The molecule has 2 aliphatic heterocycles. The lowest BCUT2D eigenvalue weighted by molar-refractivity contribution is -0.156. The van der Waals surface area contributed by atoms with Crippen LogP contribution in [0, 0.1) is 0 Å². The molecule has 0 saturated carbocycles. The van der Waals surface area contributed by atoms with Gasteiger partial charge in [-0.1, -0.05) is 0 Å². The van der Waals surface area contributed by atoms with Crippen LogP contribution < -0.4 is 19.1 Å². The number of aromatic nitrogens is 2. The maximum Gasteiger partial charge on any atom is 0.414 e. The minimum atomic E-state index is -0.588. The molecule has 1 aromatic carbocycles. The Kier molecular flexibility index (Phi) is 8.44. The van der Waals surface area contributed by atoms with Crippen LogP contribution in [0.1, 0.15) is 32.8 Å². The standard InChI is InChI=1S/C30H36N4O7/c1-30(2,3)41-27(35)19-33(13-10-20-9-12-31-23-6-8-26(37-4)32-28(20)23)14-11-22-18-34(29(36)40-22)21-5-7-24-25(17-21)39-16-15-38-24/h5-9,12,17,22H,10-11,13-16,18-19H2,1-4H3/t22-/m0/s1. The number of nitrogens with zero attached hydrogens (tertiary/aromatic N) is 4. The van der Waals surface area contributed by atoms with E-state index in [2.05, 4.69) is 9.97 Å². The topological polar surface area (TPSA) is 113 Å². The van der Waals surface area contributed by atoms with Crippen LogP contribution in [0.15, 0.2) is 42.6 Å². The van der Waals surface area contributed by atoms with Gasteiger partial charge in [-0.15, -0.1) is 0 Å². The van der Waals surface area contributed by atoms with Gasteiger partial charge >= 0.3 is 12.1 Å². The molecule has 0 bridgehead atoms. The zero-order valence-electron chi connectivity index (χ0n) is 23.9. The Bertz CT molecular complexity index is 1410. The van der Waals surface area contributed by atoms with Crippen molar-refractivity contribution in [2.75, 3.05) is 51.4 Å². The molecule has 11 nitrogen and oxygen atoms in total. The third-order valence-corrected chi connectivity index (χ3v) is 6.80. The van der Waals surface area contributed by atoms with Gasteiger partial charge in [0.05, 0.1) is 36.9 Å². The number of methoxy groups -OCH3 is 1. The quantitative estimate of drug-likeness (QED) is 0.335. The SMILES string of the molecule is COc1ccc2nccc(CCN(CC[C@H]3CN(c4ccc5c(c4)OCCO5)C(=O)O3)CC(=O)OC(C)(C)C)c2n1. The highest BCUT2D eigenvalue weighted by Crippen LogP contribution is 2.35. The maximum absolute atomic E-state index is 12.8. The van der Waals surface area contributed by atoms with Gasteiger partial charge in [0.2, 0.25) is 5.88 Å². The van der Waals surface area contributed by atoms with Crippen molar-refractivity contribution in [3.63, 3.8) is 0 Å². The molecular formula is C30H36N4O7. The third-order valence-electron chi connectivity index (χ3n) is 6.80. The molecule has 0 radical (unpaired) electrons. The number of fused-ring (bicyclic) bond motifs is 2. The number of cyclic esters (lactones) is 1. The first-order valence-electron chi connectivity index (χ1n) is 13.8. The number of carbonyl (C=O) groups is 2. The van der Waals surface area contributed by atoms with E-state index in [4.69, 9.17) is 23.7 Å². The van der Waals surface area contributed by atoms with E-state index < -0.39 is 11.7 Å². The van der Waals surface area contributed by atoms with Gasteiger partial charge in [-0.25, -0.2) is 9.78 Å². The van der Waals surface area contributed by atoms with Gasteiger partial charge in [0.1, 0.15) is 24.9 Å². The van der Waals surface area contributed by atoms with Crippen LogP contribution in [-0.4, -0.2) is 85.1 Å². The number of hydrogen-bond acceptors (Lipinski definition) is 10. The van der Waals surface area contributed by atoms with Crippen molar-refractivity contribution in [3.8, 4) is 17.4 Å². The Morgan fingerprint density at radius 1 is 1.10 bits per heavy atom. The van der Waals surface area contributed by atoms with E-state index in [1.807, 2.05) is 43.9 Å². The molecule has 41 heavy (non-hydrogen) atoms. The highest BCUT2D eigenvalue weighted by Gasteiger charge is 2.33. The van der Waals surface area contributed by atoms with Crippen LogP contribution >= 0.6 is 0 Å². The van der Waals surface area contributed by atoms with E-state index in [0.717, 1.165) is 16.6 Å². The van der Waals surface area contributed by atoms with Gasteiger partial charge in [0.15, 0.2) is 11.5 Å². The van der Waals surface area contributed by atoms with Crippen LogP contribution in [0.4, 0.5) is 10.5 Å². The summed E-state index contributed by atoms with van der Waals surface area (Å²) in [6, 6.07) is 11.0. The van der Waals surface area contributed by atoms with E-state index in [9.17, 15) is 9.59 Å². The Hall–Kier alpha value is -4.12. The molecule has 11 heteroatoms. The second-order valence-electron chi connectivity index (χ2n) is 11.0. The molecule has 3 aromatic rings. The summed E-state index contributed by atoms with van der Waals surface area (Å²) in [5.74, 6) is 1.49. The van der Waals surface area contributed by atoms with Crippen molar-refractivity contribution in [2.24, 2.45) is 0 Å². The Balaban J connectivity index is 1.25. The zero-order valence-corrected chi connectivity index (χ0v) is 23.9. The summed E-state index contributed by atoms with van der Waals surface area (Å²) in [6.07, 6.45) is 2.21. The predicted octanol–water partition coefficient (Wildman–Crippen LogP) is 4.01. The summed E-state index contributed by atoms with van der Waals surface area (Å²) in [6.45, 7) is 8.14. The van der Waals surface area contributed by atoms with Crippen LogP contribution in [0.5, 0.6) is 17.4 Å². The van der Waals surface area contributed by atoms with Crippen molar-refractivity contribution >= 4 is 28.8 Å². The number of amides is 1. The normalized spacial score (nSPS) is 16.7. The molecule has 1 amide bonds. The fourth-order valence-corrected chi connectivity index (χ4v) is 4.89. The van der Waals surface area contributed by atoms with Gasteiger partial charge in [-0.05, 0) is 63.4 Å². The number of benzene rings is 1. The molecule has 5 rings (SSSR count). The first-order valence-corrected chi connectivity index (χ1v) is 13.8. The van der Waals surface area contributed by atoms with Crippen molar-refractivity contribution in [1.82, 2.24) is 14.9 Å². The lowest BCUT2D eigenvalue weighted by Gasteiger charge is -2.26. The van der Waals surface area contributed by atoms with Gasteiger partial charge in [0.25, 0.3) is 0 Å². The lowest BCUT2D eigenvalue weighted by Crippen LogP contribution is -2.38. The fourth-order valence-electron chi connectivity index (χ4n) is 4.89. The molecular weight excluding hydrogens is 528 g/mol. The van der Waals surface area contributed by atoms with Crippen LogP contribution in [0.3, 0.4) is 0 Å². The van der Waals surface area contributed by atoms with Crippen LogP contribution in [0.2, 0.25) is 0 Å². The van der Waals surface area contributed by atoms with E-state index in [1.165, 1.54) is 0 Å². The smallest absolute Gasteiger partial charge is 0.414 e. The highest BCUT2D eigenvalue weighted by atomic mass is 16.6. The predicted molar refractivity (Wildman–Crippen MR) is 152 cm³/mol. The summed E-state index contributed by atoms with van der Waals surface area (Å²) in [5.41, 5.74) is 2.65. The van der Waals surface area contributed by atoms with Crippen molar-refractivity contribution in [3.05, 3.63) is 48.2 Å². The molecule has 218 valence electrons. The molecule has 4 heterocycles. The average Bonchev–Trinajstić information content (AvgIpc) is 3.33. The summed E-state index contributed by atoms with van der Waals surface area (Å²) >= 11 is 0. The molecule has 1 atom stereocenters. The van der Waals surface area contributed by atoms with Crippen LogP contribution in [-0.2, 0) is 20.7 Å². The zero-order chi connectivity index (χ0) is 29.0. The number of rotatable bonds is 10. The average molecular weight is 565 g/mol. The van der Waals surface area contributed by atoms with Crippen LogP contribution in [0.25, 0.3) is 11.0 Å².